The van der Waals surface area contributed by atoms with E-state index in [1.165, 1.54) is 0 Å². The summed E-state index contributed by atoms with van der Waals surface area (Å²) in [4.78, 5) is 12.0. The van der Waals surface area contributed by atoms with E-state index in [9.17, 15) is 4.79 Å². The third-order valence-corrected chi connectivity index (χ3v) is 3.92. The van der Waals surface area contributed by atoms with Crippen molar-refractivity contribution in [1.29, 1.82) is 5.26 Å². The van der Waals surface area contributed by atoms with Gasteiger partial charge in [0.25, 0.3) is 0 Å². The van der Waals surface area contributed by atoms with E-state index >= 15 is 0 Å². The van der Waals surface area contributed by atoms with Crippen LogP contribution in [0.15, 0.2) is 18.2 Å². The van der Waals surface area contributed by atoms with Gasteiger partial charge in [-0.1, -0.05) is 25.4 Å². The molecule has 0 aliphatic rings. The van der Waals surface area contributed by atoms with Gasteiger partial charge in [0, 0.05) is 6.42 Å². The van der Waals surface area contributed by atoms with Gasteiger partial charge in [0.05, 0.1) is 22.3 Å². The van der Waals surface area contributed by atoms with Crippen molar-refractivity contribution >= 4 is 23.2 Å². The summed E-state index contributed by atoms with van der Waals surface area (Å²) in [5, 5.41) is 12.1. The molecule has 0 heterocycles. The lowest BCUT2D eigenvalue weighted by atomic mass is 9.88. The minimum absolute atomic E-state index is 0.0883. The summed E-state index contributed by atoms with van der Waals surface area (Å²) >= 11 is 6.02. The van der Waals surface area contributed by atoms with Crippen molar-refractivity contribution in [2.45, 2.75) is 33.1 Å². The second-order valence-corrected chi connectivity index (χ2v) is 5.88. The SMILES string of the molecule is CC(C)C(CCN)CCC(=O)Nc1cc(C#N)ccc1Cl. The number of nitrogens with two attached hydrogens (primary N) is 1. The Morgan fingerprint density at radius 3 is 2.71 bits per heavy atom. The first kappa shape index (κ1) is 17.5. The molecule has 0 spiro atoms. The number of halogens is 1. The molecule has 1 unspecified atom stereocenters. The molecule has 0 fully saturated rings. The molecular weight excluding hydrogens is 286 g/mol. The van der Waals surface area contributed by atoms with Crippen LogP contribution in [0.25, 0.3) is 0 Å². The lowest BCUT2D eigenvalue weighted by Crippen LogP contribution is -2.18. The number of amides is 1. The molecule has 1 rings (SSSR count). The zero-order valence-electron chi connectivity index (χ0n) is 12.5. The third-order valence-electron chi connectivity index (χ3n) is 3.59. The van der Waals surface area contributed by atoms with Gasteiger partial charge >= 0.3 is 0 Å². The van der Waals surface area contributed by atoms with Crippen LogP contribution in [0.1, 0.15) is 38.7 Å². The number of nitriles is 1. The number of hydrogen-bond donors (Lipinski definition) is 2. The molecule has 0 saturated heterocycles. The number of nitrogens with one attached hydrogen (secondary N) is 1. The van der Waals surface area contributed by atoms with Crippen LogP contribution in [0.3, 0.4) is 0 Å². The first-order chi connectivity index (χ1) is 9.97. The number of carbonyl (C=O) groups excluding carboxylic acids is 1. The number of nitrogens with zero attached hydrogens (tertiary/aromatic N) is 1. The maximum atomic E-state index is 12.0. The summed E-state index contributed by atoms with van der Waals surface area (Å²) in [5.41, 5.74) is 6.56. The quantitative estimate of drug-likeness (QED) is 0.808. The van der Waals surface area contributed by atoms with Crippen LogP contribution < -0.4 is 11.1 Å². The Kier molecular flexibility index (Phi) is 7.21. The summed E-state index contributed by atoms with van der Waals surface area (Å²) < 4.78 is 0. The van der Waals surface area contributed by atoms with Gasteiger partial charge in [-0.15, -0.1) is 0 Å². The van der Waals surface area contributed by atoms with Gasteiger partial charge < -0.3 is 11.1 Å². The fraction of sp³-hybridized carbons (Fsp3) is 0.500. The first-order valence-electron chi connectivity index (χ1n) is 7.17. The predicted molar refractivity (Wildman–Crippen MR) is 86.0 cm³/mol. The monoisotopic (exact) mass is 307 g/mol. The smallest absolute Gasteiger partial charge is 0.224 e. The fourth-order valence-electron chi connectivity index (χ4n) is 2.24. The molecular formula is C16H22ClN3O. The second-order valence-electron chi connectivity index (χ2n) is 5.47. The highest BCUT2D eigenvalue weighted by Gasteiger charge is 2.15. The van der Waals surface area contributed by atoms with Gasteiger partial charge in [0.1, 0.15) is 0 Å². The minimum Gasteiger partial charge on any atom is -0.330 e. The normalized spacial score (nSPS) is 12.0. The van der Waals surface area contributed by atoms with Crippen LogP contribution in [0.2, 0.25) is 5.02 Å². The van der Waals surface area contributed by atoms with Crippen molar-refractivity contribution < 1.29 is 4.79 Å². The lowest BCUT2D eigenvalue weighted by Gasteiger charge is -2.19. The van der Waals surface area contributed by atoms with Crippen molar-refractivity contribution in [3.05, 3.63) is 28.8 Å². The molecule has 0 aliphatic carbocycles. The van der Waals surface area contributed by atoms with E-state index in [1.54, 1.807) is 18.2 Å². The van der Waals surface area contributed by atoms with Crippen LogP contribution >= 0.6 is 11.6 Å². The maximum Gasteiger partial charge on any atom is 0.224 e. The summed E-state index contributed by atoms with van der Waals surface area (Å²) in [6, 6.07) is 6.84. The molecule has 21 heavy (non-hydrogen) atoms. The van der Waals surface area contributed by atoms with Crippen LogP contribution in [-0.2, 0) is 4.79 Å². The number of rotatable bonds is 7. The van der Waals surface area contributed by atoms with E-state index in [2.05, 4.69) is 19.2 Å². The highest BCUT2D eigenvalue weighted by atomic mass is 35.5. The topological polar surface area (TPSA) is 78.9 Å². The van der Waals surface area contributed by atoms with E-state index in [1.807, 2.05) is 6.07 Å². The molecule has 0 aromatic heterocycles. The number of benzene rings is 1. The average molecular weight is 308 g/mol. The molecule has 1 aromatic carbocycles. The van der Waals surface area contributed by atoms with Crippen LogP contribution in [0, 0.1) is 23.2 Å². The Morgan fingerprint density at radius 2 is 2.14 bits per heavy atom. The largest absolute Gasteiger partial charge is 0.330 e. The number of carbonyl (C=O) groups is 1. The molecule has 0 saturated carbocycles. The highest BCUT2D eigenvalue weighted by Crippen LogP contribution is 2.24. The first-order valence-corrected chi connectivity index (χ1v) is 7.55. The molecule has 0 radical (unpaired) electrons. The molecule has 0 bridgehead atoms. The Morgan fingerprint density at radius 1 is 1.43 bits per heavy atom. The molecule has 1 amide bonds. The van der Waals surface area contributed by atoms with Gasteiger partial charge in [0.15, 0.2) is 0 Å². The van der Waals surface area contributed by atoms with Crippen LogP contribution in [-0.4, -0.2) is 12.5 Å². The van der Waals surface area contributed by atoms with Crippen molar-refractivity contribution in [2.24, 2.45) is 17.6 Å². The van der Waals surface area contributed by atoms with E-state index in [-0.39, 0.29) is 5.91 Å². The minimum atomic E-state index is -0.0883. The lowest BCUT2D eigenvalue weighted by molar-refractivity contribution is -0.116. The molecule has 3 N–H and O–H groups in total. The number of anilines is 1. The molecule has 4 nitrogen and oxygen atoms in total. The fourth-order valence-corrected chi connectivity index (χ4v) is 2.41. The summed E-state index contributed by atoms with van der Waals surface area (Å²) in [6.45, 7) is 4.93. The Labute approximate surface area is 131 Å². The number of hydrogen-bond acceptors (Lipinski definition) is 3. The van der Waals surface area contributed by atoms with Crippen molar-refractivity contribution in [3.63, 3.8) is 0 Å². The molecule has 1 aromatic rings. The van der Waals surface area contributed by atoms with Crippen LogP contribution in [0.5, 0.6) is 0 Å². The van der Waals surface area contributed by atoms with Crippen molar-refractivity contribution in [2.75, 3.05) is 11.9 Å². The van der Waals surface area contributed by atoms with Crippen molar-refractivity contribution in [1.82, 2.24) is 0 Å². The van der Waals surface area contributed by atoms with Crippen molar-refractivity contribution in [3.8, 4) is 6.07 Å². The van der Waals surface area contributed by atoms with E-state index < -0.39 is 0 Å². The standard InChI is InChI=1S/C16H22ClN3O/c1-11(2)13(7-8-18)4-6-16(21)20-15-9-12(10-19)3-5-14(15)17/h3,5,9,11,13H,4,6-8,18H2,1-2H3,(H,20,21). The zero-order valence-corrected chi connectivity index (χ0v) is 13.3. The third kappa shape index (κ3) is 5.74. The molecule has 0 aliphatic heterocycles. The second kappa shape index (κ2) is 8.66. The van der Waals surface area contributed by atoms with E-state index in [0.29, 0.717) is 41.1 Å². The predicted octanol–water partition coefficient (Wildman–Crippen LogP) is 3.55. The van der Waals surface area contributed by atoms with Gasteiger partial charge in [0.2, 0.25) is 5.91 Å². The maximum absolute atomic E-state index is 12.0. The Hall–Kier alpha value is -1.57. The summed E-state index contributed by atoms with van der Waals surface area (Å²) in [5.74, 6) is 0.864. The molecule has 5 heteroatoms. The van der Waals surface area contributed by atoms with Gasteiger partial charge in [-0.05, 0) is 49.4 Å². The van der Waals surface area contributed by atoms with Crippen LogP contribution in [0.4, 0.5) is 5.69 Å². The Balaban J connectivity index is 2.60. The summed E-state index contributed by atoms with van der Waals surface area (Å²) in [6.07, 6.45) is 2.15. The highest BCUT2D eigenvalue weighted by molar-refractivity contribution is 6.33. The van der Waals surface area contributed by atoms with Gasteiger partial charge in [-0.2, -0.15) is 5.26 Å². The van der Waals surface area contributed by atoms with E-state index in [0.717, 1.165) is 12.8 Å². The van der Waals surface area contributed by atoms with Gasteiger partial charge in [-0.25, -0.2) is 0 Å². The average Bonchev–Trinajstić information content (AvgIpc) is 2.45. The zero-order chi connectivity index (χ0) is 15.8. The molecule has 1 atom stereocenters. The van der Waals surface area contributed by atoms with E-state index in [4.69, 9.17) is 22.6 Å². The molecule has 114 valence electrons. The summed E-state index contributed by atoms with van der Waals surface area (Å²) in [7, 11) is 0. The van der Waals surface area contributed by atoms with Gasteiger partial charge in [-0.3, -0.25) is 4.79 Å². The Bertz CT molecular complexity index is 523.